The van der Waals surface area contributed by atoms with Crippen LogP contribution in [0.2, 0.25) is 0 Å². The Morgan fingerprint density at radius 2 is 2.07 bits per heavy atom. The Morgan fingerprint density at radius 3 is 2.47 bits per heavy atom. The van der Waals surface area contributed by atoms with E-state index in [1.807, 2.05) is 19.9 Å². The first kappa shape index (κ1) is 11.8. The molecule has 4 nitrogen and oxygen atoms in total. The van der Waals surface area contributed by atoms with Crippen LogP contribution in [0.3, 0.4) is 0 Å². The zero-order valence-electron chi connectivity index (χ0n) is 9.53. The maximum absolute atomic E-state index is 11.1. The van der Waals surface area contributed by atoms with Gasteiger partial charge in [0.1, 0.15) is 11.8 Å². The third-order valence-electron chi connectivity index (χ3n) is 2.81. The number of hydrogen-bond donors (Lipinski definition) is 1. The van der Waals surface area contributed by atoms with Gasteiger partial charge < -0.3 is 20.0 Å². The highest BCUT2D eigenvalue weighted by atomic mass is 16.5. The second kappa shape index (κ2) is 4.06. The van der Waals surface area contributed by atoms with Crippen molar-refractivity contribution in [3.8, 4) is 0 Å². The summed E-state index contributed by atoms with van der Waals surface area (Å²) in [6.45, 7) is 3.78. The first-order chi connectivity index (χ1) is 7.01. The summed E-state index contributed by atoms with van der Waals surface area (Å²) < 4.78 is 10.4. The summed E-state index contributed by atoms with van der Waals surface area (Å²) in [4.78, 5) is 11.1. The van der Waals surface area contributed by atoms with Gasteiger partial charge in [0.25, 0.3) is 0 Å². The second-order valence-electron chi connectivity index (χ2n) is 3.76. The molecule has 0 aromatic rings. The second-order valence-corrected chi connectivity index (χ2v) is 3.76. The lowest BCUT2D eigenvalue weighted by Crippen LogP contribution is -2.51. The van der Waals surface area contributed by atoms with Crippen LogP contribution in [0.25, 0.3) is 0 Å². The van der Waals surface area contributed by atoms with E-state index in [0.29, 0.717) is 17.8 Å². The molecule has 1 aliphatic carbocycles. The molecule has 0 fully saturated rings. The van der Waals surface area contributed by atoms with Crippen molar-refractivity contribution in [2.45, 2.75) is 19.4 Å². The predicted molar refractivity (Wildman–Crippen MR) is 56.9 cm³/mol. The average Bonchev–Trinajstić information content (AvgIpc) is 2.22. The van der Waals surface area contributed by atoms with Gasteiger partial charge in [-0.25, -0.2) is 0 Å². The highest BCUT2D eigenvalue weighted by Crippen LogP contribution is 2.34. The molecule has 0 aliphatic heterocycles. The van der Waals surface area contributed by atoms with Crippen LogP contribution in [0.5, 0.6) is 0 Å². The third kappa shape index (κ3) is 1.65. The molecule has 0 radical (unpaired) electrons. The highest BCUT2D eigenvalue weighted by Gasteiger charge is 2.42. The lowest BCUT2D eigenvalue weighted by molar-refractivity contribution is -0.113. The molecule has 2 unspecified atom stereocenters. The summed E-state index contributed by atoms with van der Waals surface area (Å²) in [6, 6.07) is 0. The quantitative estimate of drug-likeness (QED) is 0.707. The van der Waals surface area contributed by atoms with Gasteiger partial charge in [-0.05, 0) is 12.5 Å². The van der Waals surface area contributed by atoms with Crippen molar-refractivity contribution >= 4 is 6.29 Å². The number of carbonyl (C=O) groups excluding carboxylic acids is 1. The van der Waals surface area contributed by atoms with Crippen molar-refractivity contribution in [1.29, 1.82) is 0 Å². The van der Waals surface area contributed by atoms with E-state index < -0.39 is 5.54 Å². The minimum absolute atomic E-state index is 0.108. The van der Waals surface area contributed by atoms with Gasteiger partial charge in [-0.1, -0.05) is 13.0 Å². The molecule has 0 aromatic heterocycles. The number of methoxy groups -OCH3 is 2. The number of aldehydes is 1. The van der Waals surface area contributed by atoms with Crippen LogP contribution in [-0.4, -0.2) is 26.0 Å². The van der Waals surface area contributed by atoms with E-state index in [-0.39, 0.29) is 5.92 Å². The summed E-state index contributed by atoms with van der Waals surface area (Å²) in [7, 11) is 3.03. The summed E-state index contributed by atoms with van der Waals surface area (Å²) in [5.74, 6) is 0.835. The number of nitrogens with two attached hydrogens (primary N) is 1. The Balaban J connectivity index is 3.34. The monoisotopic (exact) mass is 211 g/mol. The van der Waals surface area contributed by atoms with Gasteiger partial charge in [0.15, 0.2) is 11.5 Å². The molecule has 1 aliphatic rings. The number of hydrogen-bond acceptors (Lipinski definition) is 4. The summed E-state index contributed by atoms with van der Waals surface area (Å²) in [5, 5.41) is 0. The Labute approximate surface area is 89.7 Å². The molecule has 1 rings (SSSR count). The van der Waals surface area contributed by atoms with Gasteiger partial charge in [-0.3, -0.25) is 0 Å². The van der Waals surface area contributed by atoms with E-state index in [1.54, 1.807) is 0 Å². The molecule has 0 heterocycles. The van der Waals surface area contributed by atoms with Crippen molar-refractivity contribution < 1.29 is 14.3 Å². The SMILES string of the molecule is COC1=C(OC)C(N)(C=O)C(C)C=C1C. The van der Waals surface area contributed by atoms with Gasteiger partial charge in [-0.2, -0.15) is 0 Å². The molecule has 15 heavy (non-hydrogen) atoms. The van der Waals surface area contributed by atoms with Crippen LogP contribution in [0, 0.1) is 5.92 Å². The molecule has 84 valence electrons. The topological polar surface area (TPSA) is 61.6 Å². The standard InChI is InChI=1S/C11H17NO3/c1-7-5-8(2)11(12,6-13)10(15-4)9(7)14-3/h5-6,8H,12H2,1-4H3. The minimum Gasteiger partial charge on any atom is -0.495 e. The molecule has 0 saturated carbocycles. The van der Waals surface area contributed by atoms with E-state index in [9.17, 15) is 4.79 Å². The smallest absolute Gasteiger partial charge is 0.165 e. The Morgan fingerprint density at radius 1 is 1.47 bits per heavy atom. The van der Waals surface area contributed by atoms with Gasteiger partial charge in [0.05, 0.1) is 14.2 Å². The Bertz CT molecular complexity index is 333. The normalized spacial score (nSPS) is 31.0. The summed E-state index contributed by atoms with van der Waals surface area (Å²) in [5.41, 5.74) is 5.82. The molecule has 2 atom stereocenters. The van der Waals surface area contributed by atoms with Crippen LogP contribution in [0.15, 0.2) is 23.2 Å². The minimum atomic E-state index is -1.13. The molecule has 0 amide bonds. The summed E-state index contributed by atoms with van der Waals surface area (Å²) in [6.07, 6.45) is 2.62. The first-order valence-corrected chi connectivity index (χ1v) is 4.78. The molecule has 0 aromatic carbocycles. The zero-order chi connectivity index (χ0) is 11.6. The van der Waals surface area contributed by atoms with E-state index in [0.717, 1.165) is 5.57 Å². The predicted octanol–water partition coefficient (Wildman–Crippen LogP) is 0.983. The third-order valence-corrected chi connectivity index (χ3v) is 2.81. The first-order valence-electron chi connectivity index (χ1n) is 4.78. The zero-order valence-corrected chi connectivity index (χ0v) is 9.53. The molecule has 0 bridgehead atoms. The molecule has 2 N–H and O–H groups in total. The molecular weight excluding hydrogens is 194 g/mol. The number of ether oxygens (including phenoxy) is 2. The summed E-state index contributed by atoms with van der Waals surface area (Å²) >= 11 is 0. The number of allylic oxidation sites excluding steroid dienone is 1. The van der Waals surface area contributed by atoms with Gasteiger partial charge in [0.2, 0.25) is 0 Å². The molecule has 0 spiro atoms. The van der Waals surface area contributed by atoms with E-state index in [2.05, 4.69) is 0 Å². The number of carbonyl (C=O) groups is 1. The number of rotatable bonds is 3. The van der Waals surface area contributed by atoms with Crippen molar-refractivity contribution in [2.24, 2.45) is 11.7 Å². The fraction of sp³-hybridized carbons (Fsp3) is 0.545. The lowest BCUT2D eigenvalue weighted by Gasteiger charge is -2.34. The fourth-order valence-electron chi connectivity index (χ4n) is 1.86. The molecule has 4 heteroatoms. The fourth-order valence-corrected chi connectivity index (χ4v) is 1.86. The van der Waals surface area contributed by atoms with Gasteiger partial charge >= 0.3 is 0 Å². The highest BCUT2D eigenvalue weighted by molar-refractivity contribution is 5.72. The molecular formula is C11H17NO3. The average molecular weight is 211 g/mol. The Hall–Kier alpha value is -1.29. The van der Waals surface area contributed by atoms with Crippen molar-refractivity contribution in [3.05, 3.63) is 23.2 Å². The van der Waals surface area contributed by atoms with E-state index in [1.165, 1.54) is 14.2 Å². The molecule has 0 saturated heterocycles. The van der Waals surface area contributed by atoms with E-state index >= 15 is 0 Å². The lowest BCUT2D eigenvalue weighted by atomic mass is 9.79. The maximum Gasteiger partial charge on any atom is 0.165 e. The maximum atomic E-state index is 11.1. The van der Waals surface area contributed by atoms with E-state index in [4.69, 9.17) is 15.2 Å². The van der Waals surface area contributed by atoms with Crippen LogP contribution < -0.4 is 5.73 Å². The van der Waals surface area contributed by atoms with Gasteiger partial charge in [-0.15, -0.1) is 0 Å². The van der Waals surface area contributed by atoms with Crippen LogP contribution >= 0.6 is 0 Å². The van der Waals surface area contributed by atoms with Crippen molar-refractivity contribution in [1.82, 2.24) is 0 Å². The van der Waals surface area contributed by atoms with Crippen molar-refractivity contribution in [2.75, 3.05) is 14.2 Å². The van der Waals surface area contributed by atoms with Crippen molar-refractivity contribution in [3.63, 3.8) is 0 Å². The van der Waals surface area contributed by atoms with Gasteiger partial charge in [0, 0.05) is 5.92 Å². The van der Waals surface area contributed by atoms with Crippen LogP contribution in [-0.2, 0) is 14.3 Å². The largest absolute Gasteiger partial charge is 0.495 e. The Kier molecular flexibility index (Phi) is 3.19. The van der Waals surface area contributed by atoms with Crippen LogP contribution in [0.4, 0.5) is 0 Å². The van der Waals surface area contributed by atoms with Crippen LogP contribution in [0.1, 0.15) is 13.8 Å².